The number of rotatable bonds is 6. The minimum Gasteiger partial charge on any atom is -0.355 e. The van der Waals surface area contributed by atoms with Crippen LogP contribution in [-0.4, -0.2) is 27.8 Å². The largest absolute Gasteiger partial charge is 0.355 e. The fraction of sp³-hybridized carbons (Fsp3) is 0.591. The van der Waals surface area contributed by atoms with Crippen molar-refractivity contribution in [1.29, 1.82) is 0 Å². The predicted molar refractivity (Wildman–Crippen MR) is 116 cm³/mol. The Hall–Kier alpha value is -1.82. The van der Waals surface area contributed by atoms with Gasteiger partial charge >= 0.3 is 0 Å². The van der Waals surface area contributed by atoms with Gasteiger partial charge in [-0.25, -0.2) is 4.98 Å². The van der Waals surface area contributed by atoms with Gasteiger partial charge in [0.1, 0.15) is 0 Å². The smallest absolute Gasteiger partial charge is 0.262 e. The molecule has 0 bridgehead atoms. The van der Waals surface area contributed by atoms with Crippen LogP contribution in [0.5, 0.6) is 0 Å². The van der Waals surface area contributed by atoms with Crippen molar-refractivity contribution in [3.63, 3.8) is 0 Å². The SMILES string of the molecule is CC(C)CNC(=O)CSc1nc2ccccc2c(=O)n1[C@@H]1CCC[C@H](C)[C@@H]1C. The molecule has 1 aliphatic carbocycles. The van der Waals surface area contributed by atoms with Crippen LogP contribution in [0.3, 0.4) is 0 Å². The van der Waals surface area contributed by atoms with Crippen LogP contribution in [0.25, 0.3) is 10.9 Å². The van der Waals surface area contributed by atoms with Gasteiger partial charge in [0.2, 0.25) is 5.91 Å². The highest BCUT2D eigenvalue weighted by molar-refractivity contribution is 7.99. The summed E-state index contributed by atoms with van der Waals surface area (Å²) in [7, 11) is 0. The second-order valence-electron chi connectivity index (χ2n) is 8.41. The van der Waals surface area contributed by atoms with Gasteiger partial charge in [-0.2, -0.15) is 0 Å². The Balaban J connectivity index is 1.95. The topological polar surface area (TPSA) is 64.0 Å². The minimum atomic E-state index is -0.0160. The second-order valence-corrected chi connectivity index (χ2v) is 9.35. The van der Waals surface area contributed by atoms with Crippen molar-refractivity contribution in [3.8, 4) is 0 Å². The summed E-state index contributed by atoms with van der Waals surface area (Å²) in [5, 5.41) is 4.26. The van der Waals surface area contributed by atoms with E-state index < -0.39 is 0 Å². The number of carbonyl (C=O) groups is 1. The van der Waals surface area contributed by atoms with E-state index in [1.807, 2.05) is 28.8 Å². The lowest BCUT2D eigenvalue weighted by atomic mass is 9.78. The number of amides is 1. The molecule has 1 saturated carbocycles. The second kappa shape index (κ2) is 9.12. The van der Waals surface area contributed by atoms with Gasteiger partial charge in [0, 0.05) is 12.6 Å². The van der Waals surface area contributed by atoms with Crippen molar-refractivity contribution in [2.75, 3.05) is 12.3 Å². The third-order valence-corrected chi connectivity index (χ3v) is 6.76. The summed E-state index contributed by atoms with van der Waals surface area (Å²) in [6, 6.07) is 7.64. The standard InChI is InChI=1S/C22H31N3O2S/c1-14(2)12-23-20(26)13-28-22-24-18-10-6-5-9-17(18)21(27)25(22)19-11-7-8-15(3)16(19)4/h5-6,9-10,14-16,19H,7-8,11-13H2,1-4H3,(H,23,26)/t15-,16-,19+/m0/s1. The Morgan fingerprint density at radius 2 is 2.04 bits per heavy atom. The lowest BCUT2D eigenvalue weighted by Gasteiger charge is -2.36. The zero-order chi connectivity index (χ0) is 20.3. The normalized spacial score (nSPS) is 22.5. The van der Waals surface area contributed by atoms with Crippen molar-refractivity contribution in [1.82, 2.24) is 14.9 Å². The van der Waals surface area contributed by atoms with Crippen LogP contribution in [0.4, 0.5) is 0 Å². The molecule has 6 heteroatoms. The van der Waals surface area contributed by atoms with Crippen molar-refractivity contribution < 1.29 is 4.79 Å². The van der Waals surface area contributed by atoms with Gasteiger partial charge in [0.15, 0.2) is 5.16 Å². The number of nitrogens with one attached hydrogen (secondary N) is 1. The molecule has 0 spiro atoms. The maximum Gasteiger partial charge on any atom is 0.262 e. The zero-order valence-corrected chi connectivity index (χ0v) is 18.1. The van der Waals surface area contributed by atoms with E-state index in [0.29, 0.717) is 40.4 Å². The molecule has 0 unspecified atom stereocenters. The van der Waals surface area contributed by atoms with Crippen LogP contribution in [0.1, 0.15) is 53.0 Å². The van der Waals surface area contributed by atoms with Crippen LogP contribution in [0.2, 0.25) is 0 Å². The van der Waals surface area contributed by atoms with Crippen LogP contribution < -0.4 is 10.9 Å². The third kappa shape index (κ3) is 4.59. The first-order valence-corrected chi connectivity index (χ1v) is 11.3. The number of benzene rings is 1. The summed E-state index contributed by atoms with van der Waals surface area (Å²) >= 11 is 1.37. The van der Waals surface area contributed by atoms with Crippen LogP contribution in [0.15, 0.2) is 34.2 Å². The van der Waals surface area contributed by atoms with E-state index in [-0.39, 0.29) is 23.3 Å². The van der Waals surface area contributed by atoms with E-state index in [0.717, 1.165) is 12.8 Å². The molecule has 0 radical (unpaired) electrons. The van der Waals surface area contributed by atoms with Gasteiger partial charge in [-0.1, -0.05) is 64.4 Å². The van der Waals surface area contributed by atoms with Crippen molar-refractivity contribution in [3.05, 3.63) is 34.6 Å². The lowest BCUT2D eigenvalue weighted by molar-refractivity contribution is -0.118. The molecule has 1 amide bonds. The summed E-state index contributed by atoms with van der Waals surface area (Å²) in [5.74, 6) is 1.65. The maximum atomic E-state index is 13.4. The van der Waals surface area contributed by atoms with E-state index in [1.165, 1.54) is 18.2 Å². The number of nitrogens with zero attached hydrogens (tertiary/aromatic N) is 2. The molecule has 3 rings (SSSR count). The highest BCUT2D eigenvalue weighted by Crippen LogP contribution is 2.38. The summed E-state index contributed by atoms with van der Waals surface area (Å²) in [5.41, 5.74) is 0.715. The molecule has 1 aliphatic rings. The van der Waals surface area contributed by atoms with Gasteiger partial charge in [0.25, 0.3) is 5.56 Å². The number of para-hydroxylation sites is 1. The van der Waals surface area contributed by atoms with E-state index >= 15 is 0 Å². The van der Waals surface area contributed by atoms with Gasteiger partial charge < -0.3 is 5.32 Å². The molecule has 152 valence electrons. The summed E-state index contributed by atoms with van der Waals surface area (Å²) in [4.78, 5) is 30.4. The van der Waals surface area contributed by atoms with Crippen LogP contribution >= 0.6 is 11.8 Å². The van der Waals surface area contributed by atoms with E-state index in [4.69, 9.17) is 4.98 Å². The number of fused-ring (bicyclic) bond motifs is 1. The summed E-state index contributed by atoms with van der Waals surface area (Å²) in [6.07, 6.45) is 3.31. The summed E-state index contributed by atoms with van der Waals surface area (Å²) in [6.45, 7) is 9.31. The Labute approximate surface area is 171 Å². The van der Waals surface area contributed by atoms with E-state index in [9.17, 15) is 9.59 Å². The Bertz CT molecular complexity index is 893. The number of hydrogen-bond acceptors (Lipinski definition) is 4. The fourth-order valence-electron chi connectivity index (χ4n) is 3.94. The molecule has 0 aliphatic heterocycles. The van der Waals surface area contributed by atoms with Crippen LogP contribution in [-0.2, 0) is 4.79 Å². The molecule has 1 fully saturated rings. The molecule has 1 aromatic carbocycles. The number of aromatic nitrogens is 2. The first-order valence-electron chi connectivity index (χ1n) is 10.3. The van der Waals surface area contributed by atoms with E-state index in [1.54, 1.807) is 0 Å². The van der Waals surface area contributed by atoms with Gasteiger partial charge in [-0.05, 0) is 36.3 Å². The molecular formula is C22H31N3O2S. The molecule has 3 atom stereocenters. The molecule has 1 heterocycles. The Morgan fingerprint density at radius 1 is 1.29 bits per heavy atom. The third-order valence-electron chi connectivity index (χ3n) is 5.81. The Kier molecular flexibility index (Phi) is 6.81. The number of carbonyl (C=O) groups excluding carboxylic acids is 1. The zero-order valence-electron chi connectivity index (χ0n) is 17.3. The van der Waals surface area contributed by atoms with Gasteiger partial charge in [-0.3, -0.25) is 14.2 Å². The number of thioether (sulfide) groups is 1. The molecule has 5 nitrogen and oxygen atoms in total. The highest BCUT2D eigenvalue weighted by atomic mass is 32.2. The van der Waals surface area contributed by atoms with Gasteiger partial charge in [-0.15, -0.1) is 0 Å². The minimum absolute atomic E-state index is 0.0154. The Morgan fingerprint density at radius 3 is 2.79 bits per heavy atom. The van der Waals surface area contributed by atoms with Crippen molar-refractivity contribution in [2.45, 2.75) is 58.2 Å². The fourth-order valence-corrected chi connectivity index (χ4v) is 4.82. The highest BCUT2D eigenvalue weighted by Gasteiger charge is 2.31. The van der Waals surface area contributed by atoms with Crippen molar-refractivity contribution in [2.24, 2.45) is 17.8 Å². The van der Waals surface area contributed by atoms with E-state index in [2.05, 4.69) is 33.0 Å². The molecule has 0 saturated heterocycles. The quantitative estimate of drug-likeness (QED) is 0.580. The van der Waals surface area contributed by atoms with Crippen LogP contribution in [0, 0.1) is 17.8 Å². The lowest BCUT2D eigenvalue weighted by Crippen LogP contribution is -2.36. The number of hydrogen-bond donors (Lipinski definition) is 1. The average molecular weight is 402 g/mol. The first-order chi connectivity index (χ1) is 13.4. The molecule has 2 aromatic rings. The maximum absolute atomic E-state index is 13.4. The molecule has 1 aromatic heterocycles. The summed E-state index contributed by atoms with van der Waals surface area (Å²) < 4.78 is 1.88. The van der Waals surface area contributed by atoms with Gasteiger partial charge in [0.05, 0.1) is 16.7 Å². The van der Waals surface area contributed by atoms with Crippen molar-refractivity contribution >= 4 is 28.6 Å². The average Bonchev–Trinajstić information content (AvgIpc) is 2.67. The molecule has 1 N–H and O–H groups in total. The monoisotopic (exact) mass is 401 g/mol. The molecular weight excluding hydrogens is 370 g/mol. The first kappa shape index (κ1) is 20.9. The molecule has 28 heavy (non-hydrogen) atoms. The predicted octanol–water partition coefficient (Wildman–Crippen LogP) is 4.26.